The Morgan fingerprint density at radius 1 is 1.00 bits per heavy atom. The number of ether oxygens (including phenoxy) is 1. The normalized spacial score (nSPS) is 10.5. The number of hydrogen-bond donors (Lipinski definition) is 0. The largest absolute Gasteiger partial charge is 0.489 e. The van der Waals surface area contributed by atoms with Crippen molar-refractivity contribution in [1.29, 1.82) is 0 Å². The average Bonchev–Trinajstić information content (AvgIpc) is 3.05. The predicted molar refractivity (Wildman–Crippen MR) is 96.5 cm³/mol. The Morgan fingerprint density at radius 3 is 2.36 bits per heavy atom. The molecule has 2 aromatic carbocycles. The second-order valence-corrected chi connectivity index (χ2v) is 5.97. The van der Waals surface area contributed by atoms with Crippen molar-refractivity contribution in [1.82, 2.24) is 4.90 Å². The summed E-state index contributed by atoms with van der Waals surface area (Å²) < 4.78 is 11.2. The zero-order valence-electron chi connectivity index (χ0n) is 14.4. The minimum atomic E-state index is -0.0374. The maximum Gasteiger partial charge on any atom is 0.254 e. The molecule has 0 radical (unpaired) electrons. The number of aryl methyl sites for hydroxylation is 1. The minimum Gasteiger partial charge on any atom is -0.489 e. The van der Waals surface area contributed by atoms with E-state index in [0.717, 1.165) is 22.8 Å². The molecule has 4 heteroatoms. The zero-order chi connectivity index (χ0) is 17.6. The predicted octanol–water partition coefficient (Wildman–Crippen LogP) is 4.44. The lowest BCUT2D eigenvalue weighted by atomic mass is 10.1. The third-order valence-electron chi connectivity index (χ3n) is 3.89. The molecule has 3 rings (SSSR count). The summed E-state index contributed by atoms with van der Waals surface area (Å²) in [6, 6.07) is 21.0. The van der Waals surface area contributed by atoms with Gasteiger partial charge in [-0.1, -0.05) is 30.3 Å². The zero-order valence-corrected chi connectivity index (χ0v) is 14.4. The molecule has 1 heterocycles. The first-order chi connectivity index (χ1) is 12.1. The summed E-state index contributed by atoms with van der Waals surface area (Å²) in [5, 5.41) is 0. The molecule has 0 bridgehead atoms. The van der Waals surface area contributed by atoms with Crippen molar-refractivity contribution in [2.45, 2.75) is 20.1 Å². The summed E-state index contributed by atoms with van der Waals surface area (Å²) in [6.45, 7) is 2.81. The van der Waals surface area contributed by atoms with Crippen molar-refractivity contribution in [2.75, 3.05) is 7.05 Å². The Labute approximate surface area is 147 Å². The van der Waals surface area contributed by atoms with Crippen molar-refractivity contribution in [3.8, 4) is 5.75 Å². The summed E-state index contributed by atoms with van der Waals surface area (Å²) in [6.07, 6.45) is 0. The van der Waals surface area contributed by atoms with E-state index in [0.29, 0.717) is 18.7 Å². The highest BCUT2D eigenvalue weighted by atomic mass is 16.5. The van der Waals surface area contributed by atoms with Gasteiger partial charge in [-0.25, -0.2) is 0 Å². The lowest BCUT2D eigenvalue weighted by Gasteiger charge is -2.16. The molecule has 1 aromatic heterocycles. The summed E-state index contributed by atoms with van der Waals surface area (Å²) >= 11 is 0. The summed E-state index contributed by atoms with van der Waals surface area (Å²) in [5.41, 5.74) is 1.67. The van der Waals surface area contributed by atoms with Gasteiger partial charge < -0.3 is 14.1 Å². The van der Waals surface area contributed by atoms with Gasteiger partial charge in [-0.2, -0.15) is 0 Å². The van der Waals surface area contributed by atoms with Gasteiger partial charge in [0.25, 0.3) is 5.91 Å². The van der Waals surface area contributed by atoms with Crippen molar-refractivity contribution < 1.29 is 13.9 Å². The van der Waals surface area contributed by atoms with E-state index < -0.39 is 0 Å². The van der Waals surface area contributed by atoms with Crippen LogP contribution in [0.5, 0.6) is 5.75 Å². The monoisotopic (exact) mass is 335 g/mol. The number of carbonyl (C=O) groups excluding carboxylic acids is 1. The van der Waals surface area contributed by atoms with E-state index in [1.54, 1.807) is 11.9 Å². The summed E-state index contributed by atoms with van der Waals surface area (Å²) in [5.74, 6) is 2.42. The fourth-order valence-corrected chi connectivity index (χ4v) is 2.52. The Balaban J connectivity index is 1.58. The number of carbonyl (C=O) groups is 1. The molecule has 0 N–H and O–H groups in total. The van der Waals surface area contributed by atoms with Crippen LogP contribution < -0.4 is 4.74 Å². The maximum atomic E-state index is 12.5. The van der Waals surface area contributed by atoms with Crippen LogP contribution in [-0.4, -0.2) is 17.9 Å². The van der Waals surface area contributed by atoms with E-state index >= 15 is 0 Å². The van der Waals surface area contributed by atoms with Crippen LogP contribution in [0.3, 0.4) is 0 Å². The molecule has 1 amide bonds. The molecule has 0 unspecified atom stereocenters. The van der Waals surface area contributed by atoms with Crippen LogP contribution in [0.2, 0.25) is 0 Å². The molecule has 0 atom stereocenters. The van der Waals surface area contributed by atoms with Gasteiger partial charge in [-0.3, -0.25) is 4.79 Å². The SMILES string of the molecule is Cc1ccc(CN(C)C(=O)c2ccc(COc3ccccc3)cc2)o1. The Morgan fingerprint density at radius 2 is 1.72 bits per heavy atom. The Bertz CT molecular complexity index is 822. The number of hydrogen-bond acceptors (Lipinski definition) is 3. The quantitative estimate of drug-likeness (QED) is 0.669. The van der Waals surface area contributed by atoms with Crippen molar-refractivity contribution in [3.63, 3.8) is 0 Å². The van der Waals surface area contributed by atoms with E-state index in [-0.39, 0.29) is 5.91 Å². The molecule has 3 aromatic rings. The molecule has 0 fully saturated rings. The van der Waals surface area contributed by atoms with E-state index in [1.165, 1.54) is 0 Å². The highest BCUT2D eigenvalue weighted by molar-refractivity contribution is 5.94. The van der Waals surface area contributed by atoms with Gasteiger partial charge in [0, 0.05) is 12.6 Å². The highest BCUT2D eigenvalue weighted by Gasteiger charge is 2.13. The van der Waals surface area contributed by atoms with Gasteiger partial charge in [0.2, 0.25) is 0 Å². The first-order valence-corrected chi connectivity index (χ1v) is 8.19. The minimum absolute atomic E-state index is 0.0374. The molecular formula is C21H21NO3. The summed E-state index contributed by atoms with van der Waals surface area (Å²) in [4.78, 5) is 14.1. The van der Waals surface area contributed by atoms with E-state index in [9.17, 15) is 4.79 Å². The van der Waals surface area contributed by atoms with Gasteiger partial charge >= 0.3 is 0 Å². The molecule has 0 aliphatic rings. The van der Waals surface area contributed by atoms with E-state index in [4.69, 9.17) is 9.15 Å². The Kier molecular flexibility index (Phi) is 5.19. The number of amides is 1. The van der Waals surface area contributed by atoms with Gasteiger partial charge in [0.15, 0.2) is 0 Å². The third kappa shape index (κ3) is 4.51. The lowest BCUT2D eigenvalue weighted by Crippen LogP contribution is -2.25. The van der Waals surface area contributed by atoms with Crippen LogP contribution in [0, 0.1) is 6.92 Å². The lowest BCUT2D eigenvalue weighted by molar-refractivity contribution is 0.0775. The van der Waals surface area contributed by atoms with Crippen molar-refractivity contribution in [2.24, 2.45) is 0 Å². The molecule has 4 nitrogen and oxygen atoms in total. The van der Waals surface area contributed by atoms with Crippen molar-refractivity contribution >= 4 is 5.91 Å². The molecule has 25 heavy (non-hydrogen) atoms. The number of para-hydroxylation sites is 1. The summed E-state index contributed by atoms with van der Waals surface area (Å²) in [7, 11) is 1.77. The fourth-order valence-electron chi connectivity index (χ4n) is 2.52. The molecule has 0 aliphatic carbocycles. The average molecular weight is 335 g/mol. The second kappa shape index (κ2) is 7.71. The second-order valence-electron chi connectivity index (χ2n) is 5.97. The number of benzene rings is 2. The molecule has 0 saturated carbocycles. The molecular weight excluding hydrogens is 314 g/mol. The van der Waals surface area contributed by atoms with Gasteiger partial charge in [0.05, 0.1) is 6.54 Å². The molecule has 128 valence electrons. The molecule has 0 spiro atoms. The van der Waals surface area contributed by atoms with Crippen LogP contribution in [0.1, 0.15) is 27.4 Å². The Hall–Kier alpha value is -3.01. The van der Waals surface area contributed by atoms with Crippen LogP contribution in [0.4, 0.5) is 0 Å². The van der Waals surface area contributed by atoms with E-state index in [1.807, 2.05) is 73.7 Å². The van der Waals surface area contributed by atoms with Gasteiger partial charge in [-0.05, 0) is 48.9 Å². The number of furan rings is 1. The van der Waals surface area contributed by atoms with Crippen LogP contribution >= 0.6 is 0 Å². The van der Waals surface area contributed by atoms with Gasteiger partial charge in [0.1, 0.15) is 23.9 Å². The molecule has 0 saturated heterocycles. The topological polar surface area (TPSA) is 42.7 Å². The standard InChI is InChI=1S/C21H21NO3/c1-16-8-13-20(25-16)14-22(2)21(23)18-11-9-17(10-12-18)15-24-19-6-4-3-5-7-19/h3-13H,14-15H2,1-2H3. The third-order valence-corrected chi connectivity index (χ3v) is 3.89. The first kappa shape index (κ1) is 16.8. The van der Waals surface area contributed by atoms with Crippen LogP contribution in [-0.2, 0) is 13.2 Å². The van der Waals surface area contributed by atoms with E-state index in [2.05, 4.69) is 0 Å². The maximum absolute atomic E-state index is 12.5. The first-order valence-electron chi connectivity index (χ1n) is 8.19. The smallest absolute Gasteiger partial charge is 0.254 e. The number of nitrogens with zero attached hydrogens (tertiary/aromatic N) is 1. The van der Waals surface area contributed by atoms with Crippen LogP contribution in [0.15, 0.2) is 71.1 Å². The highest BCUT2D eigenvalue weighted by Crippen LogP contribution is 2.14. The van der Waals surface area contributed by atoms with Gasteiger partial charge in [-0.15, -0.1) is 0 Å². The fraction of sp³-hybridized carbons (Fsp3) is 0.190. The van der Waals surface area contributed by atoms with Crippen molar-refractivity contribution in [3.05, 3.63) is 89.4 Å². The number of rotatable bonds is 6. The van der Waals surface area contributed by atoms with Crippen LogP contribution in [0.25, 0.3) is 0 Å². The molecule has 0 aliphatic heterocycles.